The summed E-state index contributed by atoms with van der Waals surface area (Å²) in [4.78, 5) is 12.0. The van der Waals surface area contributed by atoms with Crippen LogP contribution in [-0.4, -0.2) is 37.3 Å². The highest BCUT2D eigenvalue weighted by Gasteiger charge is 2.29. The average molecular weight is 292 g/mol. The summed E-state index contributed by atoms with van der Waals surface area (Å²) < 4.78 is 11.3. The first kappa shape index (κ1) is 15.8. The van der Waals surface area contributed by atoms with Gasteiger partial charge in [-0.15, -0.1) is 0 Å². The highest BCUT2D eigenvalue weighted by atomic mass is 16.5. The Hall–Kier alpha value is -1.59. The fourth-order valence-corrected chi connectivity index (χ4v) is 2.39. The van der Waals surface area contributed by atoms with Gasteiger partial charge in [-0.25, -0.2) is 0 Å². The topological polar surface area (TPSA) is 73.6 Å². The Bertz CT molecular complexity index is 478. The number of carbonyl (C=O) groups is 1. The van der Waals surface area contributed by atoms with Gasteiger partial charge in [-0.05, 0) is 44.4 Å². The molecule has 1 heterocycles. The Balaban J connectivity index is 1.73. The summed E-state index contributed by atoms with van der Waals surface area (Å²) in [7, 11) is 0. The van der Waals surface area contributed by atoms with E-state index in [0.29, 0.717) is 13.1 Å². The molecule has 3 atom stereocenters. The van der Waals surface area contributed by atoms with Crippen molar-refractivity contribution in [3.05, 3.63) is 29.8 Å². The highest BCUT2D eigenvalue weighted by molar-refractivity contribution is 5.81. The Morgan fingerprint density at radius 2 is 2.33 bits per heavy atom. The maximum atomic E-state index is 12.0. The second-order valence-electron chi connectivity index (χ2n) is 5.55. The molecule has 1 aliphatic rings. The zero-order chi connectivity index (χ0) is 15.2. The normalized spacial score (nSPS) is 22.8. The van der Waals surface area contributed by atoms with Crippen molar-refractivity contribution < 1.29 is 14.3 Å². The Kier molecular flexibility index (Phi) is 5.59. The minimum atomic E-state index is -0.371. The van der Waals surface area contributed by atoms with Crippen LogP contribution in [0.25, 0.3) is 0 Å². The lowest BCUT2D eigenvalue weighted by atomic mass is 10.2. The molecule has 1 aromatic rings. The van der Waals surface area contributed by atoms with E-state index in [1.165, 1.54) is 0 Å². The van der Waals surface area contributed by atoms with E-state index in [-0.39, 0.29) is 24.2 Å². The van der Waals surface area contributed by atoms with Gasteiger partial charge < -0.3 is 20.5 Å². The molecule has 116 valence electrons. The van der Waals surface area contributed by atoms with E-state index in [9.17, 15) is 4.79 Å². The van der Waals surface area contributed by atoms with Crippen molar-refractivity contribution in [2.75, 3.05) is 13.1 Å². The zero-order valence-corrected chi connectivity index (χ0v) is 12.7. The van der Waals surface area contributed by atoms with Crippen molar-refractivity contribution in [2.24, 2.45) is 5.73 Å². The van der Waals surface area contributed by atoms with Gasteiger partial charge in [-0.1, -0.05) is 12.1 Å². The predicted molar refractivity (Wildman–Crippen MR) is 81.2 cm³/mol. The van der Waals surface area contributed by atoms with Crippen LogP contribution in [0.4, 0.5) is 0 Å². The third-order valence-electron chi connectivity index (χ3n) is 3.55. The SMILES string of the molecule is Cc1cccc(OC(C)CNC(=O)[C@@H]2CC[C@H](CN)O2)c1. The quantitative estimate of drug-likeness (QED) is 0.831. The second-order valence-corrected chi connectivity index (χ2v) is 5.55. The lowest BCUT2D eigenvalue weighted by molar-refractivity contribution is -0.132. The van der Waals surface area contributed by atoms with Crippen molar-refractivity contribution in [2.45, 2.75) is 45.0 Å². The van der Waals surface area contributed by atoms with E-state index in [1.54, 1.807) is 0 Å². The number of carbonyl (C=O) groups excluding carboxylic acids is 1. The van der Waals surface area contributed by atoms with E-state index in [0.717, 1.165) is 24.2 Å². The maximum absolute atomic E-state index is 12.0. The molecular weight excluding hydrogens is 268 g/mol. The zero-order valence-electron chi connectivity index (χ0n) is 12.7. The molecule has 5 heteroatoms. The number of hydrogen-bond donors (Lipinski definition) is 2. The molecule has 5 nitrogen and oxygen atoms in total. The number of aryl methyl sites for hydroxylation is 1. The third-order valence-corrected chi connectivity index (χ3v) is 3.55. The van der Waals surface area contributed by atoms with E-state index in [2.05, 4.69) is 5.32 Å². The standard InChI is InChI=1S/C16H24N2O3/c1-11-4-3-5-13(8-11)20-12(2)10-18-16(19)15-7-6-14(9-17)21-15/h3-5,8,12,14-15H,6-7,9-10,17H2,1-2H3,(H,18,19)/t12?,14-,15+/m1/s1. The van der Waals surface area contributed by atoms with Gasteiger partial charge in [0.1, 0.15) is 18.0 Å². The molecule has 3 N–H and O–H groups in total. The van der Waals surface area contributed by atoms with Crippen LogP contribution in [0.2, 0.25) is 0 Å². The van der Waals surface area contributed by atoms with Crippen LogP contribution < -0.4 is 15.8 Å². The molecular formula is C16H24N2O3. The van der Waals surface area contributed by atoms with Crippen molar-refractivity contribution in [3.63, 3.8) is 0 Å². The smallest absolute Gasteiger partial charge is 0.249 e. The van der Waals surface area contributed by atoms with Gasteiger partial charge in [0.15, 0.2) is 0 Å². The first-order valence-corrected chi connectivity index (χ1v) is 7.45. The lowest BCUT2D eigenvalue weighted by Crippen LogP contribution is -2.40. The van der Waals surface area contributed by atoms with Crippen LogP contribution in [-0.2, 0) is 9.53 Å². The summed E-state index contributed by atoms with van der Waals surface area (Å²) in [6, 6.07) is 7.86. The molecule has 1 aliphatic heterocycles. The average Bonchev–Trinajstić information content (AvgIpc) is 2.94. The fraction of sp³-hybridized carbons (Fsp3) is 0.562. The molecule has 1 unspecified atom stereocenters. The van der Waals surface area contributed by atoms with Crippen LogP contribution in [0.3, 0.4) is 0 Å². The van der Waals surface area contributed by atoms with E-state index >= 15 is 0 Å². The number of ether oxygens (including phenoxy) is 2. The van der Waals surface area contributed by atoms with Crippen molar-refractivity contribution in [3.8, 4) is 5.75 Å². The van der Waals surface area contributed by atoms with E-state index < -0.39 is 0 Å². The Labute approximate surface area is 125 Å². The van der Waals surface area contributed by atoms with Crippen molar-refractivity contribution in [1.82, 2.24) is 5.32 Å². The summed E-state index contributed by atoms with van der Waals surface area (Å²) in [5.41, 5.74) is 6.69. The molecule has 0 spiro atoms. The summed E-state index contributed by atoms with van der Waals surface area (Å²) in [5, 5.41) is 2.87. The maximum Gasteiger partial charge on any atom is 0.249 e. The van der Waals surface area contributed by atoms with Gasteiger partial charge in [0.2, 0.25) is 5.91 Å². The predicted octanol–water partition coefficient (Wildman–Crippen LogP) is 1.38. The molecule has 0 radical (unpaired) electrons. The number of nitrogens with one attached hydrogen (secondary N) is 1. The molecule has 0 aromatic heterocycles. The molecule has 21 heavy (non-hydrogen) atoms. The summed E-state index contributed by atoms with van der Waals surface area (Å²) in [6.45, 7) is 4.88. The monoisotopic (exact) mass is 292 g/mol. The first-order valence-electron chi connectivity index (χ1n) is 7.45. The molecule has 1 saturated heterocycles. The van der Waals surface area contributed by atoms with Crippen LogP contribution in [0, 0.1) is 6.92 Å². The molecule has 1 fully saturated rings. The molecule has 0 aliphatic carbocycles. The van der Waals surface area contributed by atoms with Gasteiger partial charge in [0.25, 0.3) is 0 Å². The van der Waals surface area contributed by atoms with E-state index in [1.807, 2.05) is 38.1 Å². The molecule has 0 bridgehead atoms. The number of rotatable bonds is 6. The minimum absolute atomic E-state index is 0.0155. The largest absolute Gasteiger partial charge is 0.489 e. The van der Waals surface area contributed by atoms with Gasteiger partial charge in [-0.3, -0.25) is 4.79 Å². The van der Waals surface area contributed by atoms with E-state index in [4.69, 9.17) is 15.2 Å². The summed E-state index contributed by atoms with van der Waals surface area (Å²) in [6.07, 6.45) is 1.14. The van der Waals surface area contributed by atoms with Crippen LogP contribution in [0.15, 0.2) is 24.3 Å². The lowest BCUT2D eigenvalue weighted by Gasteiger charge is -2.17. The number of amides is 1. The van der Waals surface area contributed by atoms with Gasteiger partial charge in [0.05, 0.1) is 12.6 Å². The Morgan fingerprint density at radius 3 is 3.00 bits per heavy atom. The molecule has 2 rings (SSSR count). The summed E-state index contributed by atoms with van der Waals surface area (Å²) in [5.74, 6) is 0.739. The van der Waals surface area contributed by atoms with Crippen molar-refractivity contribution >= 4 is 5.91 Å². The van der Waals surface area contributed by atoms with Crippen LogP contribution in [0.5, 0.6) is 5.75 Å². The van der Waals surface area contributed by atoms with Crippen LogP contribution in [0.1, 0.15) is 25.3 Å². The third kappa shape index (κ3) is 4.72. The van der Waals surface area contributed by atoms with Gasteiger partial charge >= 0.3 is 0 Å². The molecule has 1 aromatic carbocycles. The molecule has 1 amide bonds. The Morgan fingerprint density at radius 1 is 1.52 bits per heavy atom. The summed E-state index contributed by atoms with van der Waals surface area (Å²) >= 11 is 0. The second kappa shape index (κ2) is 7.43. The number of nitrogens with two attached hydrogens (primary N) is 1. The van der Waals surface area contributed by atoms with Gasteiger partial charge in [0, 0.05) is 6.54 Å². The fourth-order valence-electron chi connectivity index (χ4n) is 2.39. The number of hydrogen-bond acceptors (Lipinski definition) is 4. The number of benzene rings is 1. The van der Waals surface area contributed by atoms with Crippen molar-refractivity contribution in [1.29, 1.82) is 0 Å². The minimum Gasteiger partial charge on any atom is -0.489 e. The first-order chi connectivity index (χ1) is 10.1. The molecule has 0 saturated carbocycles. The highest BCUT2D eigenvalue weighted by Crippen LogP contribution is 2.19. The van der Waals surface area contributed by atoms with Gasteiger partial charge in [-0.2, -0.15) is 0 Å². The van der Waals surface area contributed by atoms with Crippen LogP contribution >= 0.6 is 0 Å².